The number of hydrazone groups is 1. The first-order chi connectivity index (χ1) is 11.0. The molecule has 0 aliphatic carbocycles. The highest BCUT2D eigenvalue weighted by Gasteiger charge is 2.23. The molecule has 1 amide bonds. The number of hydrogen-bond donors (Lipinski definition) is 0. The quantitative estimate of drug-likeness (QED) is 0.817. The second-order valence-corrected chi connectivity index (χ2v) is 5.37. The molecule has 1 aliphatic rings. The fourth-order valence-electron chi connectivity index (χ4n) is 2.47. The van der Waals surface area contributed by atoms with Crippen molar-refractivity contribution in [3.8, 4) is 0 Å². The van der Waals surface area contributed by atoms with Gasteiger partial charge in [0.1, 0.15) is 5.82 Å². The number of Topliss-reactive ketones (excluding diaryl/α,β-unsaturated/α-hetero) is 1. The summed E-state index contributed by atoms with van der Waals surface area (Å²) in [6, 6.07) is 12.7. The monoisotopic (exact) mass is 310 g/mol. The van der Waals surface area contributed by atoms with Gasteiger partial charge in [0.05, 0.1) is 12.3 Å². The highest BCUT2D eigenvalue weighted by molar-refractivity contribution is 6.05. The van der Waals surface area contributed by atoms with Crippen molar-refractivity contribution in [2.24, 2.45) is 5.10 Å². The molecule has 0 saturated carbocycles. The zero-order valence-electron chi connectivity index (χ0n) is 12.6. The first kappa shape index (κ1) is 15.1. The highest BCUT2D eigenvalue weighted by Crippen LogP contribution is 2.17. The molecule has 3 rings (SSSR count). The molecule has 116 valence electrons. The van der Waals surface area contributed by atoms with Crippen LogP contribution in [0.25, 0.3) is 0 Å². The summed E-state index contributed by atoms with van der Waals surface area (Å²) in [5.74, 6) is -0.758. The van der Waals surface area contributed by atoms with Crippen molar-refractivity contribution in [3.63, 3.8) is 0 Å². The first-order valence-corrected chi connectivity index (χ1v) is 7.31. The summed E-state index contributed by atoms with van der Waals surface area (Å²) in [6.45, 7) is 1.97. The molecule has 23 heavy (non-hydrogen) atoms. The molecule has 0 unspecified atom stereocenters. The lowest BCUT2D eigenvalue weighted by atomic mass is 10.0. The fourth-order valence-corrected chi connectivity index (χ4v) is 2.47. The van der Waals surface area contributed by atoms with Gasteiger partial charge < -0.3 is 0 Å². The number of ketones is 1. The lowest BCUT2D eigenvalue weighted by molar-refractivity contribution is 0.0777. The maximum atomic E-state index is 13.2. The highest BCUT2D eigenvalue weighted by atomic mass is 19.1. The maximum absolute atomic E-state index is 13.2. The molecular weight excluding hydrogens is 295 g/mol. The van der Waals surface area contributed by atoms with Crippen LogP contribution >= 0.6 is 0 Å². The third kappa shape index (κ3) is 3.18. The number of rotatable bonds is 3. The minimum absolute atomic E-state index is 0.00724. The summed E-state index contributed by atoms with van der Waals surface area (Å²) in [5.41, 5.74) is 2.58. The van der Waals surface area contributed by atoms with Crippen LogP contribution in [0.2, 0.25) is 0 Å². The number of nitrogens with zero attached hydrogens (tertiary/aromatic N) is 2. The van der Waals surface area contributed by atoms with Gasteiger partial charge in [0.2, 0.25) is 0 Å². The molecule has 2 aromatic rings. The van der Waals surface area contributed by atoms with Crippen LogP contribution in [-0.4, -0.2) is 29.0 Å². The fraction of sp³-hybridized carbons (Fsp3) is 0.167. The molecule has 1 aliphatic heterocycles. The van der Waals surface area contributed by atoms with E-state index in [9.17, 15) is 14.0 Å². The van der Waals surface area contributed by atoms with E-state index in [0.717, 1.165) is 11.3 Å². The Morgan fingerprint density at radius 3 is 2.48 bits per heavy atom. The van der Waals surface area contributed by atoms with E-state index in [4.69, 9.17) is 0 Å². The molecule has 1 heterocycles. The van der Waals surface area contributed by atoms with Crippen molar-refractivity contribution >= 4 is 17.4 Å². The van der Waals surface area contributed by atoms with Crippen molar-refractivity contribution in [1.29, 1.82) is 0 Å². The van der Waals surface area contributed by atoms with E-state index >= 15 is 0 Å². The number of amides is 1. The van der Waals surface area contributed by atoms with Gasteiger partial charge in [0.15, 0.2) is 5.78 Å². The van der Waals surface area contributed by atoms with Gasteiger partial charge in [0.25, 0.3) is 5.91 Å². The van der Waals surface area contributed by atoms with E-state index < -0.39 is 5.82 Å². The van der Waals surface area contributed by atoms with E-state index in [0.29, 0.717) is 18.5 Å². The van der Waals surface area contributed by atoms with Crippen molar-refractivity contribution in [3.05, 3.63) is 71.0 Å². The number of halogens is 1. The second kappa shape index (κ2) is 6.12. The van der Waals surface area contributed by atoms with E-state index in [-0.39, 0.29) is 17.3 Å². The molecule has 2 aromatic carbocycles. The number of benzene rings is 2. The Kier molecular flexibility index (Phi) is 4.02. The molecule has 0 bridgehead atoms. The van der Waals surface area contributed by atoms with E-state index in [1.807, 2.05) is 12.1 Å². The van der Waals surface area contributed by atoms with Crippen molar-refractivity contribution in [2.75, 3.05) is 6.54 Å². The van der Waals surface area contributed by atoms with Gasteiger partial charge in [0, 0.05) is 17.5 Å². The molecule has 4 nitrogen and oxygen atoms in total. The van der Waals surface area contributed by atoms with Crippen molar-refractivity contribution in [1.82, 2.24) is 5.01 Å². The minimum Gasteiger partial charge on any atom is -0.295 e. The molecule has 0 fully saturated rings. The molecule has 0 spiro atoms. The molecule has 0 N–H and O–H groups in total. The Morgan fingerprint density at radius 2 is 1.83 bits per heavy atom. The lowest BCUT2D eigenvalue weighted by Crippen LogP contribution is -2.23. The molecule has 0 saturated heterocycles. The zero-order valence-corrected chi connectivity index (χ0v) is 12.6. The predicted molar refractivity (Wildman–Crippen MR) is 85.0 cm³/mol. The van der Waals surface area contributed by atoms with Gasteiger partial charge in [-0.2, -0.15) is 5.10 Å². The Balaban J connectivity index is 1.80. The molecule has 0 atom stereocenters. The Bertz CT molecular complexity index is 797. The van der Waals surface area contributed by atoms with Crippen molar-refractivity contribution < 1.29 is 14.0 Å². The van der Waals surface area contributed by atoms with Gasteiger partial charge in [-0.15, -0.1) is 0 Å². The normalized spacial score (nSPS) is 13.8. The lowest BCUT2D eigenvalue weighted by Gasteiger charge is -2.11. The van der Waals surface area contributed by atoms with Gasteiger partial charge in [-0.05, 0) is 30.7 Å². The van der Waals surface area contributed by atoms with Crippen LogP contribution in [0, 0.1) is 5.82 Å². The van der Waals surface area contributed by atoms with Gasteiger partial charge in [-0.3, -0.25) is 9.59 Å². The Hall–Kier alpha value is -2.82. The topological polar surface area (TPSA) is 49.7 Å². The van der Waals surface area contributed by atoms with Gasteiger partial charge in [-0.1, -0.05) is 30.3 Å². The number of carbonyl (C=O) groups is 2. The van der Waals surface area contributed by atoms with Crippen LogP contribution < -0.4 is 0 Å². The first-order valence-electron chi connectivity index (χ1n) is 7.31. The minimum atomic E-state index is -0.445. The van der Waals surface area contributed by atoms with Crippen LogP contribution in [-0.2, 0) is 0 Å². The molecule has 5 heteroatoms. The van der Waals surface area contributed by atoms with E-state index in [2.05, 4.69) is 5.10 Å². The predicted octanol–water partition coefficient (Wildman–Crippen LogP) is 3.28. The average Bonchev–Trinajstić information content (AvgIpc) is 3.04. The summed E-state index contributed by atoms with van der Waals surface area (Å²) in [7, 11) is 0. The van der Waals surface area contributed by atoms with E-state index in [1.54, 1.807) is 18.2 Å². The van der Waals surface area contributed by atoms with Crippen LogP contribution in [0.15, 0.2) is 53.6 Å². The van der Waals surface area contributed by atoms with Crippen LogP contribution in [0.1, 0.15) is 39.6 Å². The SMILES string of the molecule is CC(=O)c1ccc(C2=NN(C(=O)c3cccc(F)c3)CC2)cc1. The Morgan fingerprint density at radius 1 is 1.09 bits per heavy atom. The van der Waals surface area contributed by atoms with Gasteiger partial charge in [-0.25, -0.2) is 9.40 Å². The average molecular weight is 310 g/mol. The van der Waals surface area contributed by atoms with Crippen LogP contribution in [0.4, 0.5) is 4.39 Å². The van der Waals surface area contributed by atoms with Gasteiger partial charge >= 0.3 is 0 Å². The number of hydrogen-bond acceptors (Lipinski definition) is 3. The smallest absolute Gasteiger partial charge is 0.274 e. The van der Waals surface area contributed by atoms with Crippen LogP contribution in [0.5, 0.6) is 0 Å². The molecular formula is C18H15FN2O2. The largest absolute Gasteiger partial charge is 0.295 e. The third-order valence-corrected chi connectivity index (χ3v) is 3.73. The summed E-state index contributed by atoms with van der Waals surface area (Å²) in [6.07, 6.45) is 0.625. The third-order valence-electron chi connectivity index (χ3n) is 3.73. The zero-order chi connectivity index (χ0) is 16.4. The second-order valence-electron chi connectivity index (χ2n) is 5.37. The van der Waals surface area contributed by atoms with Crippen LogP contribution in [0.3, 0.4) is 0 Å². The number of carbonyl (C=O) groups excluding carboxylic acids is 2. The summed E-state index contributed by atoms with van der Waals surface area (Å²) in [5, 5.41) is 5.68. The summed E-state index contributed by atoms with van der Waals surface area (Å²) in [4.78, 5) is 23.6. The van der Waals surface area contributed by atoms with Crippen molar-refractivity contribution in [2.45, 2.75) is 13.3 Å². The maximum Gasteiger partial charge on any atom is 0.274 e. The van der Waals surface area contributed by atoms with E-state index in [1.165, 1.54) is 30.1 Å². The summed E-state index contributed by atoms with van der Waals surface area (Å²) >= 11 is 0. The Labute approximate surface area is 133 Å². The summed E-state index contributed by atoms with van der Waals surface area (Å²) < 4.78 is 13.2. The standard InChI is InChI=1S/C18H15FN2O2/c1-12(22)13-5-7-14(8-6-13)17-9-10-21(20-17)18(23)15-3-2-4-16(19)11-15/h2-8,11H,9-10H2,1H3. The molecule has 0 radical (unpaired) electrons. The molecule has 0 aromatic heterocycles.